The Hall–Kier alpha value is -4.08. The highest BCUT2D eigenvalue weighted by Gasteiger charge is 2.41. The summed E-state index contributed by atoms with van der Waals surface area (Å²) in [5, 5.41) is 6.72. The number of ketones is 1. The molecule has 1 aromatic carbocycles. The van der Waals surface area contributed by atoms with E-state index in [4.69, 9.17) is 9.47 Å². The molecule has 1 aliphatic heterocycles. The van der Waals surface area contributed by atoms with Crippen molar-refractivity contribution >= 4 is 40.9 Å². The summed E-state index contributed by atoms with van der Waals surface area (Å²) in [6, 6.07) is 5.84. The van der Waals surface area contributed by atoms with Crippen molar-refractivity contribution in [2.75, 3.05) is 20.3 Å². The fourth-order valence-electron chi connectivity index (χ4n) is 5.71. The van der Waals surface area contributed by atoms with Crippen LogP contribution in [-0.4, -0.2) is 71.7 Å². The molecule has 1 saturated heterocycles. The van der Waals surface area contributed by atoms with Gasteiger partial charge in [0.1, 0.15) is 5.69 Å². The number of aryl methyl sites for hydroxylation is 1. The molecule has 0 bridgehead atoms. The number of alkyl carbamates (subject to hydrolysis) is 1. The maximum Gasteiger partial charge on any atom is 0.409 e. The number of methoxy groups -OCH3 is 1. The van der Waals surface area contributed by atoms with Gasteiger partial charge in [-0.1, -0.05) is 65.5 Å². The largest absolute Gasteiger partial charge is 0.453 e. The number of likely N-dealkylation sites (tertiary alicyclic amines) is 1. The standard InChI is InChI=1S/C34H48N4O6/c1-10-12-16-34(6,7)21-44-31(41)36-29(33(3,4)5)28(39)18-24-17-23(20-38(24)32(42)43-9)35-30(40)27-19-25-22(11-2)14-13-15-26(25)37(27)8/h10-11,13-15,19,23-24,29H,1-2,12,16-18,20-21H2,3-9H3,(H,35,40)(H,36,41)/t23-,24?,29-/m1/s1. The van der Waals surface area contributed by atoms with E-state index in [1.54, 1.807) is 6.08 Å². The molecule has 3 amide bonds. The van der Waals surface area contributed by atoms with Gasteiger partial charge < -0.3 is 29.6 Å². The van der Waals surface area contributed by atoms with Gasteiger partial charge in [-0.15, -0.1) is 6.58 Å². The van der Waals surface area contributed by atoms with Crippen LogP contribution in [0.3, 0.4) is 0 Å². The summed E-state index contributed by atoms with van der Waals surface area (Å²) in [5.74, 6) is -0.523. The molecular weight excluding hydrogens is 560 g/mol. The summed E-state index contributed by atoms with van der Waals surface area (Å²) in [4.78, 5) is 54.0. The van der Waals surface area contributed by atoms with Gasteiger partial charge in [-0.3, -0.25) is 9.59 Å². The predicted molar refractivity (Wildman–Crippen MR) is 172 cm³/mol. The van der Waals surface area contributed by atoms with Crippen LogP contribution in [0.1, 0.15) is 76.4 Å². The third-order valence-electron chi connectivity index (χ3n) is 8.24. The molecule has 0 spiro atoms. The summed E-state index contributed by atoms with van der Waals surface area (Å²) in [5.41, 5.74) is 1.45. The van der Waals surface area contributed by atoms with E-state index in [0.29, 0.717) is 12.1 Å². The second-order valence-electron chi connectivity index (χ2n) is 13.4. The number of rotatable bonds is 12. The number of nitrogens with one attached hydrogen (secondary N) is 2. The minimum absolute atomic E-state index is 0.0226. The molecule has 1 unspecified atom stereocenters. The van der Waals surface area contributed by atoms with Gasteiger partial charge in [0.25, 0.3) is 5.91 Å². The summed E-state index contributed by atoms with van der Waals surface area (Å²) >= 11 is 0. The van der Waals surface area contributed by atoms with Crippen LogP contribution in [0.2, 0.25) is 0 Å². The Morgan fingerprint density at radius 3 is 2.45 bits per heavy atom. The molecule has 0 aliphatic carbocycles. The molecule has 10 nitrogen and oxygen atoms in total. The number of fused-ring (bicyclic) bond motifs is 1. The van der Waals surface area contributed by atoms with E-state index in [1.165, 1.54) is 12.0 Å². The minimum Gasteiger partial charge on any atom is -0.453 e. The lowest BCUT2D eigenvalue weighted by molar-refractivity contribution is -0.124. The normalized spacial score (nSPS) is 17.6. The van der Waals surface area contributed by atoms with Crippen LogP contribution in [0, 0.1) is 10.8 Å². The Labute approximate surface area is 260 Å². The second kappa shape index (κ2) is 14.1. The van der Waals surface area contributed by atoms with Crippen molar-refractivity contribution in [3.8, 4) is 0 Å². The third kappa shape index (κ3) is 8.30. The number of Topliss-reactive ketones (excluding diaryl/α,β-unsaturated/α-hetero) is 1. The number of nitrogens with zero attached hydrogens (tertiary/aromatic N) is 2. The smallest absolute Gasteiger partial charge is 0.409 e. The SMILES string of the molecule is C=CCCC(C)(C)COC(=O)N[C@H](C(=O)CC1C[C@@H](NC(=O)c2cc3c(C=C)cccc3n2C)CN1C(=O)OC)C(C)(C)C. The van der Waals surface area contributed by atoms with E-state index in [0.717, 1.165) is 29.3 Å². The quantitative estimate of drug-likeness (QED) is 0.292. The van der Waals surface area contributed by atoms with Crippen LogP contribution in [0.5, 0.6) is 0 Å². The van der Waals surface area contributed by atoms with Gasteiger partial charge in [0.05, 0.1) is 19.8 Å². The highest BCUT2D eigenvalue weighted by atomic mass is 16.6. The average molecular weight is 609 g/mol. The molecule has 0 saturated carbocycles. The maximum absolute atomic E-state index is 13.7. The predicted octanol–water partition coefficient (Wildman–Crippen LogP) is 5.85. The van der Waals surface area contributed by atoms with Crippen LogP contribution in [0.4, 0.5) is 9.59 Å². The van der Waals surface area contributed by atoms with E-state index >= 15 is 0 Å². The summed E-state index contributed by atoms with van der Waals surface area (Å²) in [7, 11) is 3.11. The van der Waals surface area contributed by atoms with E-state index in [1.807, 2.05) is 76.6 Å². The van der Waals surface area contributed by atoms with Crippen LogP contribution in [-0.2, 0) is 21.3 Å². The number of hydrogen-bond donors (Lipinski definition) is 2. The summed E-state index contributed by atoms with van der Waals surface area (Å²) in [6.45, 7) is 17.6. The molecule has 1 aromatic heterocycles. The molecule has 1 fully saturated rings. The Kier molecular flexibility index (Phi) is 11.1. The first kappa shape index (κ1) is 34.4. The van der Waals surface area contributed by atoms with Crippen molar-refractivity contribution in [2.24, 2.45) is 17.9 Å². The lowest BCUT2D eigenvalue weighted by Crippen LogP contribution is -2.51. The number of allylic oxidation sites excluding steroid dienone is 1. The Morgan fingerprint density at radius 1 is 1.14 bits per heavy atom. The van der Waals surface area contributed by atoms with Crippen molar-refractivity contribution in [3.05, 3.63) is 54.8 Å². The zero-order valence-electron chi connectivity index (χ0n) is 27.2. The summed E-state index contributed by atoms with van der Waals surface area (Å²) < 4.78 is 12.3. The first-order valence-electron chi connectivity index (χ1n) is 15.0. The molecular formula is C34H48N4O6. The minimum atomic E-state index is -0.853. The fourth-order valence-corrected chi connectivity index (χ4v) is 5.71. The molecule has 3 atom stereocenters. The highest BCUT2D eigenvalue weighted by Crippen LogP contribution is 2.29. The highest BCUT2D eigenvalue weighted by molar-refractivity contribution is 6.01. The zero-order chi connectivity index (χ0) is 32.8. The monoisotopic (exact) mass is 608 g/mol. The number of carbonyl (C=O) groups is 4. The Bertz CT molecular complexity index is 1400. The number of ether oxygens (including phenoxy) is 2. The molecule has 10 heteroatoms. The third-order valence-corrected chi connectivity index (χ3v) is 8.24. The van der Waals surface area contributed by atoms with Gasteiger partial charge in [0.2, 0.25) is 0 Å². The molecule has 44 heavy (non-hydrogen) atoms. The molecule has 1 aliphatic rings. The fraction of sp³-hybridized carbons (Fsp3) is 0.529. The van der Waals surface area contributed by atoms with Gasteiger partial charge in [-0.25, -0.2) is 9.59 Å². The molecule has 2 aromatic rings. The number of amides is 3. The topological polar surface area (TPSA) is 119 Å². The van der Waals surface area contributed by atoms with Gasteiger partial charge in [0, 0.05) is 43.0 Å². The van der Waals surface area contributed by atoms with Crippen molar-refractivity contribution in [2.45, 2.75) is 78.4 Å². The van der Waals surface area contributed by atoms with E-state index in [2.05, 4.69) is 23.8 Å². The first-order chi connectivity index (χ1) is 20.6. The van der Waals surface area contributed by atoms with E-state index in [9.17, 15) is 19.2 Å². The van der Waals surface area contributed by atoms with Gasteiger partial charge in [-0.2, -0.15) is 0 Å². The van der Waals surface area contributed by atoms with Gasteiger partial charge in [-0.05, 0) is 47.8 Å². The number of carbonyl (C=O) groups excluding carboxylic acids is 4. The Balaban J connectivity index is 1.72. The molecule has 2 heterocycles. The Morgan fingerprint density at radius 2 is 1.84 bits per heavy atom. The van der Waals surface area contributed by atoms with Crippen molar-refractivity contribution < 1.29 is 28.7 Å². The van der Waals surface area contributed by atoms with Crippen LogP contribution >= 0.6 is 0 Å². The van der Waals surface area contributed by atoms with E-state index < -0.39 is 35.7 Å². The first-order valence-corrected chi connectivity index (χ1v) is 15.0. The number of benzene rings is 1. The number of hydrogen-bond acceptors (Lipinski definition) is 6. The lowest BCUT2D eigenvalue weighted by atomic mass is 9.82. The summed E-state index contributed by atoms with van der Waals surface area (Å²) in [6.07, 6.45) is 4.28. The van der Waals surface area contributed by atoms with Crippen molar-refractivity contribution in [3.63, 3.8) is 0 Å². The second-order valence-corrected chi connectivity index (χ2v) is 13.4. The molecule has 0 radical (unpaired) electrons. The van der Waals surface area contributed by atoms with Crippen molar-refractivity contribution in [1.29, 1.82) is 0 Å². The maximum atomic E-state index is 13.7. The average Bonchev–Trinajstić information content (AvgIpc) is 3.52. The van der Waals surface area contributed by atoms with Crippen molar-refractivity contribution in [1.82, 2.24) is 20.1 Å². The van der Waals surface area contributed by atoms with Crippen LogP contribution < -0.4 is 10.6 Å². The lowest BCUT2D eigenvalue weighted by Gasteiger charge is -2.32. The van der Waals surface area contributed by atoms with Gasteiger partial charge >= 0.3 is 12.2 Å². The molecule has 2 N–H and O–H groups in total. The molecule has 240 valence electrons. The zero-order valence-corrected chi connectivity index (χ0v) is 27.2. The molecule has 3 rings (SSSR count). The number of aromatic nitrogens is 1. The van der Waals surface area contributed by atoms with Crippen LogP contribution in [0.25, 0.3) is 17.0 Å². The van der Waals surface area contributed by atoms with E-state index in [-0.39, 0.29) is 36.7 Å². The van der Waals surface area contributed by atoms with Crippen LogP contribution in [0.15, 0.2) is 43.5 Å². The van der Waals surface area contributed by atoms with Gasteiger partial charge in [0.15, 0.2) is 5.78 Å².